The molecule has 0 bridgehead atoms. The average Bonchev–Trinajstić information content (AvgIpc) is 3.09. The molecular formula is C18H24N2O3. The SMILES string of the molecule is COc1cc(CCNC(=O)N(C)[C@H](C)c2ccco2)ccc1C. The van der Waals surface area contributed by atoms with Crippen molar-refractivity contribution in [1.29, 1.82) is 0 Å². The summed E-state index contributed by atoms with van der Waals surface area (Å²) in [6, 6.07) is 9.56. The fourth-order valence-corrected chi connectivity index (χ4v) is 2.35. The number of methoxy groups -OCH3 is 1. The van der Waals surface area contributed by atoms with E-state index in [0.717, 1.165) is 29.1 Å². The highest BCUT2D eigenvalue weighted by atomic mass is 16.5. The Balaban J connectivity index is 1.85. The van der Waals surface area contributed by atoms with Crippen LogP contribution in [0.2, 0.25) is 0 Å². The number of carbonyl (C=O) groups is 1. The van der Waals surface area contributed by atoms with Crippen molar-refractivity contribution in [3.05, 3.63) is 53.5 Å². The van der Waals surface area contributed by atoms with Crippen LogP contribution >= 0.6 is 0 Å². The average molecular weight is 316 g/mol. The summed E-state index contributed by atoms with van der Waals surface area (Å²) in [4.78, 5) is 13.8. The van der Waals surface area contributed by atoms with E-state index in [-0.39, 0.29) is 12.1 Å². The van der Waals surface area contributed by atoms with Gasteiger partial charge in [0, 0.05) is 13.6 Å². The molecule has 0 aliphatic heterocycles. The van der Waals surface area contributed by atoms with Crippen LogP contribution in [0.4, 0.5) is 4.79 Å². The summed E-state index contributed by atoms with van der Waals surface area (Å²) in [5.41, 5.74) is 2.24. The zero-order chi connectivity index (χ0) is 16.8. The van der Waals surface area contributed by atoms with Crippen molar-refractivity contribution >= 4 is 6.03 Å². The lowest BCUT2D eigenvalue weighted by Crippen LogP contribution is -2.39. The minimum atomic E-state index is -0.118. The van der Waals surface area contributed by atoms with Gasteiger partial charge in [0.25, 0.3) is 0 Å². The van der Waals surface area contributed by atoms with Gasteiger partial charge in [-0.15, -0.1) is 0 Å². The fourth-order valence-electron chi connectivity index (χ4n) is 2.35. The highest BCUT2D eigenvalue weighted by molar-refractivity contribution is 5.74. The summed E-state index contributed by atoms with van der Waals surface area (Å²) >= 11 is 0. The van der Waals surface area contributed by atoms with E-state index in [1.165, 1.54) is 0 Å². The van der Waals surface area contributed by atoms with Crippen LogP contribution in [0.3, 0.4) is 0 Å². The van der Waals surface area contributed by atoms with Crippen molar-refractivity contribution in [2.24, 2.45) is 0 Å². The molecule has 0 saturated carbocycles. The first kappa shape index (κ1) is 16.9. The standard InChI is InChI=1S/C18H24N2O3/c1-13-7-8-15(12-17(13)22-4)9-10-19-18(21)20(3)14(2)16-6-5-11-23-16/h5-8,11-12,14H,9-10H2,1-4H3,(H,19,21)/t14-/m1/s1. The van der Waals surface area contributed by atoms with Crippen LogP contribution in [0.15, 0.2) is 41.0 Å². The number of amides is 2. The number of hydrogen-bond acceptors (Lipinski definition) is 3. The van der Waals surface area contributed by atoms with E-state index in [0.29, 0.717) is 6.54 Å². The van der Waals surface area contributed by atoms with Gasteiger partial charge in [-0.25, -0.2) is 4.79 Å². The lowest BCUT2D eigenvalue weighted by Gasteiger charge is -2.23. The minimum Gasteiger partial charge on any atom is -0.496 e. The normalized spacial score (nSPS) is 11.8. The number of aryl methyl sites for hydroxylation is 1. The zero-order valence-corrected chi connectivity index (χ0v) is 14.1. The molecule has 5 heteroatoms. The number of nitrogens with zero attached hydrogens (tertiary/aromatic N) is 1. The molecule has 1 aromatic heterocycles. The number of hydrogen-bond donors (Lipinski definition) is 1. The van der Waals surface area contributed by atoms with Gasteiger partial charge in [-0.05, 0) is 49.6 Å². The maximum Gasteiger partial charge on any atom is 0.317 e. The number of carbonyl (C=O) groups excluding carboxylic acids is 1. The molecule has 1 atom stereocenters. The van der Waals surface area contributed by atoms with Gasteiger partial charge in [-0.3, -0.25) is 0 Å². The largest absolute Gasteiger partial charge is 0.496 e. The molecule has 0 aliphatic rings. The van der Waals surface area contributed by atoms with E-state index in [2.05, 4.69) is 11.4 Å². The third kappa shape index (κ3) is 4.28. The van der Waals surface area contributed by atoms with Crippen molar-refractivity contribution in [2.45, 2.75) is 26.3 Å². The van der Waals surface area contributed by atoms with E-state index in [9.17, 15) is 4.79 Å². The first-order valence-corrected chi connectivity index (χ1v) is 7.70. The Bertz CT molecular complexity index is 638. The zero-order valence-electron chi connectivity index (χ0n) is 14.1. The molecule has 124 valence electrons. The van der Waals surface area contributed by atoms with Crippen molar-refractivity contribution in [1.82, 2.24) is 10.2 Å². The predicted molar refractivity (Wildman–Crippen MR) is 89.7 cm³/mol. The van der Waals surface area contributed by atoms with E-state index in [4.69, 9.17) is 9.15 Å². The lowest BCUT2D eigenvalue weighted by molar-refractivity contribution is 0.187. The molecule has 2 amide bonds. The molecule has 2 aromatic rings. The summed E-state index contributed by atoms with van der Waals surface area (Å²) in [6.45, 7) is 4.51. The van der Waals surface area contributed by atoms with Gasteiger partial charge in [0.05, 0.1) is 19.4 Å². The summed E-state index contributed by atoms with van der Waals surface area (Å²) in [5.74, 6) is 1.64. The van der Waals surface area contributed by atoms with Crippen molar-refractivity contribution in [2.75, 3.05) is 20.7 Å². The molecule has 0 unspecified atom stereocenters. The maximum absolute atomic E-state index is 12.2. The highest BCUT2D eigenvalue weighted by Crippen LogP contribution is 2.20. The molecular weight excluding hydrogens is 292 g/mol. The molecule has 23 heavy (non-hydrogen) atoms. The molecule has 1 N–H and O–H groups in total. The van der Waals surface area contributed by atoms with Crippen molar-refractivity contribution in [3.8, 4) is 5.75 Å². The molecule has 0 spiro atoms. The molecule has 0 radical (unpaired) electrons. The van der Waals surface area contributed by atoms with Gasteiger partial charge in [-0.1, -0.05) is 12.1 Å². The molecule has 2 rings (SSSR count). The predicted octanol–water partition coefficient (Wildman–Crippen LogP) is 3.54. The number of benzene rings is 1. The Labute approximate surface area is 137 Å². The monoisotopic (exact) mass is 316 g/mol. The van der Waals surface area contributed by atoms with E-state index in [1.54, 1.807) is 25.3 Å². The second kappa shape index (κ2) is 7.72. The third-order valence-electron chi connectivity index (χ3n) is 4.02. The van der Waals surface area contributed by atoms with E-state index < -0.39 is 0 Å². The van der Waals surface area contributed by atoms with E-state index in [1.807, 2.05) is 38.1 Å². The van der Waals surface area contributed by atoms with Crippen LogP contribution in [0.1, 0.15) is 29.9 Å². The number of rotatable bonds is 6. The van der Waals surface area contributed by atoms with Crippen molar-refractivity contribution in [3.63, 3.8) is 0 Å². The van der Waals surface area contributed by atoms with Crippen LogP contribution < -0.4 is 10.1 Å². The highest BCUT2D eigenvalue weighted by Gasteiger charge is 2.18. The van der Waals surface area contributed by atoms with Crippen LogP contribution in [0, 0.1) is 6.92 Å². The Hall–Kier alpha value is -2.43. The Morgan fingerprint density at radius 2 is 2.17 bits per heavy atom. The molecule has 1 heterocycles. The van der Waals surface area contributed by atoms with Gasteiger partial charge < -0.3 is 19.4 Å². The molecule has 5 nitrogen and oxygen atoms in total. The number of ether oxygens (including phenoxy) is 1. The Morgan fingerprint density at radius 3 is 2.83 bits per heavy atom. The van der Waals surface area contributed by atoms with Gasteiger partial charge in [0.15, 0.2) is 0 Å². The van der Waals surface area contributed by atoms with Crippen LogP contribution in [0.5, 0.6) is 5.75 Å². The lowest BCUT2D eigenvalue weighted by atomic mass is 10.1. The van der Waals surface area contributed by atoms with Gasteiger partial charge in [-0.2, -0.15) is 0 Å². The first-order chi connectivity index (χ1) is 11.0. The van der Waals surface area contributed by atoms with Crippen LogP contribution in [0.25, 0.3) is 0 Å². The maximum atomic E-state index is 12.2. The molecule has 1 aromatic carbocycles. The molecule has 0 fully saturated rings. The molecule has 0 aliphatic carbocycles. The summed E-state index contributed by atoms with van der Waals surface area (Å²) < 4.78 is 10.7. The third-order valence-corrected chi connectivity index (χ3v) is 4.02. The fraction of sp³-hybridized carbons (Fsp3) is 0.389. The van der Waals surface area contributed by atoms with Crippen LogP contribution in [-0.2, 0) is 6.42 Å². The number of furan rings is 1. The van der Waals surface area contributed by atoms with Gasteiger partial charge in [0.1, 0.15) is 11.5 Å². The first-order valence-electron chi connectivity index (χ1n) is 7.70. The topological polar surface area (TPSA) is 54.7 Å². The minimum absolute atomic E-state index is 0.107. The summed E-state index contributed by atoms with van der Waals surface area (Å²) in [6.07, 6.45) is 2.37. The summed E-state index contributed by atoms with van der Waals surface area (Å²) in [5, 5.41) is 2.93. The quantitative estimate of drug-likeness (QED) is 0.887. The van der Waals surface area contributed by atoms with Crippen LogP contribution in [-0.4, -0.2) is 31.6 Å². The second-order valence-electron chi connectivity index (χ2n) is 5.59. The van der Waals surface area contributed by atoms with Gasteiger partial charge >= 0.3 is 6.03 Å². The number of urea groups is 1. The Kier molecular flexibility index (Phi) is 5.68. The van der Waals surface area contributed by atoms with Crippen molar-refractivity contribution < 1.29 is 13.9 Å². The second-order valence-corrected chi connectivity index (χ2v) is 5.59. The molecule has 0 saturated heterocycles. The van der Waals surface area contributed by atoms with E-state index >= 15 is 0 Å². The smallest absolute Gasteiger partial charge is 0.317 e. The van der Waals surface area contributed by atoms with Gasteiger partial charge in [0.2, 0.25) is 0 Å². The number of nitrogens with one attached hydrogen (secondary N) is 1. The summed E-state index contributed by atoms with van der Waals surface area (Å²) in [7, 11) is 3.43. The Morgan fingerprint density at radius 1 is 1.39 bits per heavy atom.